The van der Waals surface area contributed by atoms with E-state index in [9.17, 15) is 9.59 Å². The van der Waals surface area contributed by atoms with Crippen LogP contribution in [-0.2, 0) is 25.5 Å². The number of hydrogen-bond acceptors (Lipinski definition) is 6. The molecule has 1 aliphatic heterocycles. The minimum atomic E-state index is -0.617. The van der Waals surface area contributed by atoms with Crippen molar-refractivity contribution in [1.82, 2.24) is 5.43 Å². The molecular formula is C21H19Cl2N3O4. The van der Waals surface area contributed by atoms with Crippen LogP contribution in [0.3, 0.4) is 0 Å². The molecule has 0 unspecified atom stereocenters. The first-order valence-electron chi connectivity index (χ1n) is 9.14. The van der Waals surface area contributed by atoms with Gasteiger partial charge in [0.25, 0.3) is 0 Å². The number of amides is 1. The minimum Gasteiger partial charge on any atom is -0.472 e. The number of carbonyl (C=O) groups excluding carboxylic acids is 2. The van der Waals surface area contributed by atoms with E-state index < -0.39 is 5.97 Å². The van der Waals surface area contributed by atoms with Crippen LogP contribution in [0.1, 0.15) is 12.5 Å². The number of nitrogens with one attached hydrogen (secondary N) is 2. The summed E-state index contributed by atoms with van der Waals surface area (Å²) >= 11 is 12.0. The summed E-state index contributed by atoms with van der Waals surface area (Å²) in [5, 5.41) is 7.80. The Kier molecular flexibility index (Phi) is 7.32. The van der Waals surface area contributed by atoms with Gasteiger partial charge in [0, 0.05) is 5.69 Å². The van der Waals surface area contributed by atoms with Gasteiger partial charge in [-0.15, -0.1) is 0 Å². The Morgan fingerprint density at radius 3 is 2.60 bits per heavy atom. The van der Waals surface area contributed by atoms with Gasteiger partial charge in [-0.3, -0.25) is 4.79 Å². The van der Waals surface area contributed by atoms with Gasteiger partial charge in [0.15, 0.2) is 0 Å². The average molecular weight is 448 g/mol. The van der Waals surface area contributed by atoms with E-state index in [2.05, 4.69) is 15.8 Å². The number of esters is 1. The maximum Gasteiger partial charge on any atom is 0.345 e. The Morgan fingerprint density at radius 2 is 1.90 bits per heavy atom. The number of hydrogen-bond donors (Lipinski definition) is 2. The molecule has 0 spiro atoms. The van der Waals surface area contributed by atoms with Crippen LogP contribution in [0, 0.1) is 0 Å². The molecule has 0 atom stereocenters. The number of nitrogens with zero attached hydrogens (tertiary/aromatic N) is 1. The van der Waals surface area contributed by atoms with Crippen molar-refractivity contribution in [3.05, 3.63) is 75.6 Å². The fourth-order valence-corrected chi connectivity index (χ4v) is 2.97. The van der Waals surface area contributed by atoms with E-state index in [1.54, 1.807) is 25.1 Å². The van der Waals surface area contributed by atoms with Gasteiger partial charge in [-0.2, -0.15) is 5.10 Å². The first-order chi connectivity index (χ1) is 14.5. The zero-order valence-corrected chi connectivity index (χ0v) is 17.6. The zero-order chi connectivity index (χ0) is 21.5. The maximum atomic E-state index is 12.5. The van der Waals surface area contributed by atoms with E-state index in [0.29, 0.717) is 15.7 Å². The molecule has 0 radical (unpaired) electrons. The van der Waals surface area contributed by atoms with Gasteiger partial charge in [0.05, 0.1) is 23.1 Å². The van der Waals surface area contributed by atoms with Crippen molar-refractivity contribution in [1.29, 1.82) is 0 Å². The molecule has 9 heteroatoms. The van der Waals surface area contributed by atoms with Crippen molar-refractivity contribution >= 4 is 46.5 Å². The van der Waals surface area contributed by atoms with Crippen molar-refractivity contribution < 1.29 is 19.1 Å². The summed E-state index contributed by atoms with van der Waals surface area (Å²) in [7, 11) is 0. The molecule has 0 fully saturated rings. The lowest BCUT2D eigenvalue weighted by atomic mass is 10.1. The van der Waals surface area contributed by atoms with E-state index in [4.69, 9.17) is 32.7 Å². The minimum absolute atomic E-state index is 0.0105. The van der Waals surface area contributed by atoms with Crippen LogP contribution in [0.4, 0.5) is 5.69 Å². The average Bonchev–Trinajstić information content (AvgIpc) is 3.12. The molecule has 30 heavy (non-hydrogen) atoms. The predicted molar refractivity (Wildman–Crippen MR) is 115 cm³/mol. The fraction of sp³-hybridized carbons (Fsp3) is 0.190. The predicted octanol–water partition coefficient (Wildman–Crippen LogP) is 3.93. The third kappa shape index (κ3) is 5.52. The standard InChI is InChI=1S/C21H19Cl2N3O4/c1-2-29-21(28)19-17(25-26-18(27)10-13-6-4-3-5-7-13)12-30-20(19)24-14-8-9-15(22)16(23)11-14/h3-9,11,24H,2,10,12H2,1H3,(H,26,27)/b25-17+. The van der Waals surface area contributed by atoms with Gasteiger partial charge in [0.2, 0.25) is 11.8 Å². The van der Waals surface area contributed by atoms with Crippen LogP contribution in [0.2, 0.25) is 10.0 Å². The summed E-state index contributed by atoms with van der Waals surface area (Å²) in [6, 6.07) is 14.2. The van der Waals surface area contributed by atoms with Gasteiger partial charge >= 0.3 is 5.97 Å². The highest BCUT2D eigenvalue weighted by Gasteiger charge is 2.31. The van der Waals surface area contributed by atoms with E-state index in [-0.39, 0.29) is 42.7 Å². The van der Waals surface area contributed by atoms with Crippen molar-refractivity contribution in [3.63, 3.8) is 0 Å². The van der Waals surface area contributed by atoms with Crippen LogP contribution < -0.4 is 10.7 Å². The van der Waals surface area contributed by atoms with Gasteiger partial charge in [-0.05, 0) is 30.7 Å². The number of hydrazone groups is 1. The number of rotatable bonds is 7. The molecule has 0 bridgehead atoms. The maximum absolute atomic E-state index is 12.5. The number of halogens is 2. The molecule has 2 aromatic rings. The highest BCUT2D eigenvalue weighted by molar-refractivity contribution is 6.42. The number of benzene rings is 2. The van der Waals surface area contributed by atoms with Crippen molar-refractivity contribution in [2.24, 2.45) is 5.10 Å². The monoisotopic (exact) mass is 447 g/mol. The SMILES string of the molecule is CCOC(=O)C1=C(Nc2ccc(Cl)c(Cl)c2)OC/C1=N\NC(=O)Cc1ccccc1. The molecule has 0 saturated heterocycles. The summed E-state index contributed by atoms with van der Waals surface area (Å²) in [6.45, 7) is 1.86. The van der Waals surface area contributed by atoms with Crippen LogP contribution in [-0.4, -0.2) is 30.8 Å². The smallest absolute Gasteiger partial charge is 0.345 e. The summed E-state index contributed by atoms with van der Waals surface area (Å²) in [4.78, 5) is 24.7. The quantitative estimate of drug-likeness (QED) is 0.495. The molecule has 0 saturated carbocycles. The van der Waals surface area contributed by atoms with E-state index in [1.807, 2.05) is 30.3 Å². The van der Waals surface area contributed by atoms with Crippen molar-refractivity contribution in [3.8, 4) is 0 Å². The Morgan fingerprint density at radius 1 is 1.13 bits per heavy atom. The normalized spacial score (nSPS) is 14.4. The second kappa shape index (κ2) is 10.1. The highest BCUT2D eigenvalue weighted by Crippen LogP contribution is 2.27. The molecule has 0 aromatic heterocycles. The van der Waals surface area contributed by atoms with E-state index in [1.165, 1.54) is 0 Å². The molecule has 0 aliphatic carbocycles. The Labute approximate surface area is 183 Å². The van der Waals surface area contributed by atoms with Crippen LogP contribution >= 0.6 is 23.2 Å². The third-order valence-electron chi connectivity index (χ3n) is 4.05. The molecule has 156 valence electrons. The molecule has 7 nitrogen and oxygen atoms in total. The van der Waals surface area contributed by atoms with Gasteiger partial charge in [0.1, 0.15) is 17.9 Å². The highest BCUT2D eigenvalue weighted by atomic mass is 35.5. The first-order valence-corrected chi connectivity index (χ1v) is 9.89. The summed E-state index contributed by atoms with van der Waals surface area (Å²) < 4.78 is 10.7. The molecule has 2 N–H and O–H groups in total. The first kappa shape index (κ1) is 21.7. The lowest BCUT2D eigenvalue weighted by Gasteiger charge is -2.09. The Bertz CT molecular complexity index is 1010. The molecule has 1 aliphatic rings. The number of carbonyl (C=O) groups is 2. The van der Waals surface area contributed by atoms with Crippen LogP contribution in [0.25, 0.3) is 0 Å². The molecule has 3 rings (SSSR count). The molecular weight excluding hydrogens is 429 g/mol. The number of ether oxygens (including phenoxy) is 2. The Hall–Kier alpha value is -3.03. The number of anilines is 1. The lowest BCUT2D eigenvalue weighted by Crippen LogP contribution is -2.24. The fourth-order valence-electron chi connectivity index (χ4n) is 2.67. The van der Waals surface area contributed by atoms with Crippen molar-refractivity contribution in [2.45, 2.75) is 13.3 Å². The van der Waals surface area contributed by atoms with Gasteiger partial charge in [-0.25, -0.2) is 10.2 Å². The van der Waals surface area contributed by atoms with E-state index in [0.717, 1.165) is 5.56 Å². The van der Waals surface area contributed by atoms with Crippen LogP contribution in [0.5, 0.6) is 0 Å². The van der Waals surface area contributed by atoms with Gasteiger partial charge in [-0.1, -0.05) is 53.5 Å². The third-order valence-corrected chi connectivity index (χ3v) is 4.79. The summed E-state index contributed by atoms with van der Waals surface area (Å²) in [6.07, 6.45) is 0.158. The zero-order valence-electron chi connectivity index (χ0n) is 16.1. The second-order valence-electron chi connectivity index (χ2n) is 6.22. The summed E-state index contributed by atoms with van der Waals surface area (Å²) in [5.74, 6) is -0.778. The molecule has 1 heterocycles. The summed E-state index contributed by atoms with van der Waals surface area (Å²) in [5.41, 5.74) is 4.22. The molecule has 2 aromatic carbocycles. The van der Waals surface area contributed by atoms with Crippen LogP contribution in [0.15, 0.2) is 65.1 Å². The van der Waals surface area contributed by atoms with E-state index >= 15 is 0 Å². The largest absolute Gasteiger partial charge is 0.472 e. The van der Waals surface area contributed by atoms with Crippen molar-refractivity contribution in [2.75, 3.05) is 18.5 Å². The molecule has 1 amide bonds. The topological polar surface area (TPSA) is 89.0 Å². The lowest BCUT2D eigenvalue weighted by molar-refractivity contribution is -0.138. The Balaban J connectivity index is 1.79. The second-order valence-corrected chi connectivity index (χ2v) is 7.04. The van der Waals surface area contributed by atoms with Gasteiger partial charge < -0.3 is 14.8 Å².